The van der Waals surface area contributed by atoms with Crippen LogP contribution >= 0.6 is 0 Å². The summed E-state index contributed by atoms with van der Waals surface area (Å²) < 4.78 is 5.25. The third kappa shape index (κ3) is 4.94. The van der Waals surface area contributed by atoms with E-state index >= 15 is 0 Å². The second-order valence-corrected chi connectivity index (χ2v) is 4.89. The highest BCUT2D eigenvalue weighted by molar-refractivity contribution is 5.77. The summed E-state index contributed by atoms with van der Waals surface area (Å²) in [5.74, 6) is 1.24. The van der Waals surface area contributed by atoms with Crippen molar-refractivity contribution in [3.8, 4) is 0 Å². The van der Waals surface area contributed by atoms with Gasteiger partial charge < -0.3 is 15.4 Å². The van der Waals surface area contributed by atoms with Crippen LogP contribution in [0.25, 0.3) is 0 Å². The van der Waals surface area contributed by atoms with Gasteiger partial charge in [-0.3, -0.25) is 4.79 Å². The lowest BCUT2D eigenvalue weighted by Gasteiger charge is -2.29. The molecule has 0 bridgehead atoms. The number of amides is 1. The highest BCUT2D eigenvalue weighted by atomic mass is 16.5. The number of piperidine rings is 1. The number of rotatable bonds is 5. The Bertz CT molecular complexity index is 219. The smallest absolute Gasteiger partial charge is 0.246 e. The van der Waals surface area contributed by atoms with E-state index in [0.29, 0.717) is 11.8 Å². The summed E-state index contributed by atoms with van der Waals surface area (Å²) in [4.78, 5) is 11.4. The van der Waals surface area contributed by atoms with Crippen molar-refractivity contribution >= 4 is 5.91 Å². The van der Waals surface area contributed by atoms with Crippen molar-refractivity contribution < 1.29 is 9.53 Å². The van der Waals surface area contributed by atoms with Crippen LogP contribution in [0.15, 0.2) is 0 Å². The summed E-state index contributed by atoms with van der Waals surface area (Å²) in [7, 11) is 0. The molecule has 0 aromatic heterocycles. The highest BCUT2D eigenvalue weighted by Crippen LogP contribution is 2.17. The molecule has 0 spiro atoms. The first kappa shape index (κ1) is 13.5. The van der Waals surface area contributed by atoms with Crippen LogP contribution in [0.2, 0.25) is 0 Å². The Morgan fingerprint density at radius 2 is 2.31 bits per heavy atom. The number of hydrogen-bond acceptors (Lipinski definition) is 3. The minimum atomic E-state index is -0.000525. The van der Waals surface area contributed by atoms with Crippen molar-refractivity contribution in [1.82, 2.24) is 10.6 Å². The minimum Gasteiger partial charge on any atom is -0.369 e. The topological polar surface area (TPSA) is 50.4 Å². The van der Waals surface area contributed by atoms with Crippen molar-refractivity contribution in [2.75, 3.05) is 26.2 Å². The third-order valence-electron chi connectivity index (χ3n) is 3.07. The van der Waals surface area contributed by atoms with Gasteiger partial charge in [0.1, 0.15) is 6.61 Å². The zero-order valence-corrected chi connectivity index (χ0v) is 10.6. The second kappa shape index (κ2) is 6.86. The molecule has 1 aliphatic heterocycles. The van der Waals surface area contributed by atoms with E-state index in [0.717, 1.165) is 26.1 Å². The highest BCUT2D eigenvalue weighted by Gasteiger charge is 2.21. The lowest BCUT2D eigenvalue weighted by Crippen LogP contribution is -2.42. The molecule has 0 aliphatic carbocycles. The van der Waals surface area contributed by atoms with Crippen molar-refractivity contribution in [3.05, 3.63) is 0 Å². The van der Waals surface area contributed by atoms with Gasteiger partial charge in [-0.15, -0.1) is 0 Å². The molecular formula is C12H24N2O2. The van der Waals surface area contributed by atoms with Crippen LogP contribution in [-0.2, 0) is 9.53 Å². The molecule has 1 amide bonds. The largest absolute Gasteiger partial charge is 0.369 e. The number of carbonyl (C=O) groups is 1. The molecular weight excluding hydrogens is 204 g/mol. The fourth-order valence-electron chi connectivity index (χ4n) is 1.91. The van der Waals surface area contributed by atoms with Gasteiger partial charge >= 0.3 is 0 Å². The first-order valence-electron chi connectivity index (χ1n) is 6.18. The normalized spacial score (nSPS) is 25.8. The molecule has 2 N–H and O–H groups in total. The van der Waals surface area contributed by atoms with E-state index in [9.17, 15) is 4.79 Å². The molecule has 1 aliphatic rings. The number of hydrogen-bond donors (Lipinski definition) is 2. The van der Waals surface area contributed by atoms with Crippen LogP contribution < -0.4 is 10.6 Å². The average Bonchev–Trinajstić information content (AvgIpc) is 2.25. The lowest BCUT2D eigenvalue weighted by atomic mass is 9.88. The SMILES string of the molecule is CC(C)OCC(=O)NCC1CCNCC1C. The molecule has 94 valence electrons. The number of nitrogens with one attached hydrogen (secondary N) is 2. The maximum Gasteiger partial charge on any atom is 0.246 e. The average molecular weight is 228 g/mol. The van der Waals surface area contributed by atoms with E-state index in [4.69, 9.17) is 4.74 Å². The van der Waals surface area contributed by atoms with Crippen LogP contribution in [0, 0.1) is 11.8 Å². The van der Waals surface area contributed by atoms with Crippen LogP contribution in [0.5, 0.6) is 0 Å². The summed E-state index contributed by atoms with van der Waals surface area (Å²) in [6.07, 6.45) is 1.26. The Morgan fingerprint density at radius 3 is 2.94 bits per heavy atom. The van der Waals surface area contributed by atoms with E-state index in [1.165, 1.54) is 0 Å². The number of carbonyl (C=O) groups excluding carboxylic acids is 1. The fourth-order valence-corrected chi connectivity index (χ4v) is 1.91. The summed E-state index contributed by atoms with van der Waals surface area (Å²) in [6.45, 7) is 9.18. The van der Waals surface area contributed by atoms with Gasteiger partial charge in [0.05, 0.1) is 6.10 Å². The molecule has 1 heterocycles. The molecule has 2 unspecified atom stereocenters. The molecule has 16 heavy (non-hydrogen) atoms. The van der Waals surface area contributed by atoms with Crippen molar-refractivity contribution in [2.24, 2.45) is 11.8 Å². The van der Waals surface area contributed by atoms with Crippen LogP contribution in [0.1, 0.15) is 27.2 Å². The Kier molecular flexibility index (Phi) is 5.77. The first-order valence-corrected chi connectivity index (χ1v) is 6.18. The second-order valence-electron chi connectivity index (χ2n) is 4.89. The van der Waals surface area contributed by atoms with E-state index in [1.54, 1.807) is 0 Å². The predicted octanol–water partition coefficient (Wildman–Crippen LogP) is 0.773. The number of ether oxygens (including phenoxy) is 1. The van der Waals surface area contributed by atoms with Crippen molar-refractivity contribution in [1.29, 1.82) is 0 Å². The van der Waals surface area contributed by atoms with Crippen LogP contribution in [-0.4, -0.2) is 38.3 Å². The monoisotopic (exact) mass is 228 g/mol. The molecule has 0 radical (unpaired) electrons. The zero-order chi connectivity index (χ0) is 12.0. The molecule has 1 rings (SSSR count). The lowest BCUT2D eigenvalue weighted by molar-refractivity contribution is -0.127. The maximum atomic E-state index is 11.4. The first-order chi connectivity index (χ1) is 7.59. The molecule has 0 aromatic rings. The zero-order valence-electron chi connectivity index (χ0n) is 10.6. The van der Waals surface area contributed by atoms with Gasteiger partial charge in [-0.05, 0) is 45.2 Å². The van der Waals surface area contributed by atoms with Crippen LogP contribution in [0.4, 0.5) is 0 Å². The molecule has 4 nitrogen and oxygen atoms in total. The van der Waals surface area contributed by atoms with Gasteiger partial charge in [-0.25, -0.2) is 0 Å². The van der Waals surface area contributed by atoms with Gasteiger partial charge in [-0.2, -0.15) is 0 Å². The summed E-state index contributed by atoms with van der Waals surface area (Å²) >= 11 is 0. The van der Waals surface area contributed by atoms with Gasteiger partial charge in [0.2, 0.25) is 5.91 Å². The molecule has 0 saturated carbocycles. The fraction of sp³-hybridized carbons (Fsp3) is 0.917. The van der Waals surface area contributed by atoms with Crippen molar-refractivity contribution in [3.63, 3.8) is 0 Å². The van der Waals surface area contributed by atoms with E-state index in [1.807, 2.05) is 13.8 Å². The van der Waals surface area contributed by atoms with Crippen molar-refractivity contribution in [2.45, 2.75) is 33.3 Å². The van der Waals surface area contributed by atoms with Gasteiger partial charge in [0.25, 0.3) is 0 Å². The Hall–Kier alpha value is -0.610. The molecule has 1 fully saturated rings. The van der Waals surface area contributed by atoms with E-state index < -0.39 is 0 Å². The quantitative estimate of drug-likeness (QED) is 0.731. The van der Waals surface area contributed by atoms with Crippen LogP contribution in [0.3, 0.4) is 0 Å². The maximum absolute atomic E-state index is 11.4. The summed E-state index contributed by atoms with van der Waals surface area (Å²) in [5.41, 5.74) is 0. The standard InChI is InChI=1S/C12H24N2O2/c1-9(2)16-8-12(15)14-7-11-4-5-13-6-10(11)3/h9-11,13H,4-8H2,1-3H3,(H,14,15). The predicted molar refractivity (Wildman–Crippen MR) is 64.2 cm³/mol. The minimum absolute atomic E-state index is 0.000525. The third-order valence-corrected chi connectivity index (χ3v) is 3.07. The Balaban J connectivity index is 2.15. The Morgan fingerprint density at radius 1 is 1.56 bits per heavy atom. The molecule has 1 saturated heterocycles. The van der Waals surface area contributed by atoms with Gasteiger partial charge in [0, 0.05) is 6.54 Å². The van der Waals surface area contributed by atoms with E-state index in [-0.39, 0.29) is 18.6 Å². The molecule has 4 heteroatoms. The van der Waals surface area contributed by atoms with E-state index in [2.05, 4.69) is 17.6 Å². The summed E-state index contributed by atoms with van der Waals surface area (Å²) in [6, 6.07) is 0. The Labute approximate surface area is 98.1 Å². The molecule has 0 aromatic carbocycles. The van der Waals surface area contributed by atoms with Gasteiger partial charge in [0.15, 0.2) is 0 Å². The van der Waals surface area contributed by atoms with Gasteiger partial charge in [-0.1, -0.05) is 6.92 Å². The summed E-state index contributed by atoms with van der Waals surface area (Å²) in [5, 5.41) is 6.30. The molecule has 2 atom stereocenters.